The lowest BCUT2D eigenvalue weighted by Gasteiger charge is -2.19. The van der Waals surface area contributed by atoms with Crippen LogP contribution in [-0.2, 0) is 13.0 Å². The number of nitrogens with one attached hydrogen (secondary N) is 1. The number of rotatable bonds is 5. The average Bonchev–Trinajstić information content (AvgIpc) is 2.73. The van der Waals surface area contributed by atoms with Crippen LogP contribution in [0.25, 0.3) is 0 Å². The van der Waals surface area contributed by atoms with Crippen molar-refractivity contribution in [2.24, 2.45) is 0 Å². The van der Waals surface area contributed by atoms with Gasteiger partial charge in [0.05, 0.1) is 16.4 Å². The van der Waals surface area contributed by atoms with E-state index in [-0.39, 0.29) is 6.04 Å². The molecule has 1 unspecified atom stereocenters. The minimum atomic E-state index is 0.199. The number of aryl methyl sites for hydroxylation is 2. The molecule has 20 heavy (non-hydrogen) atoms. The molecule has 0 bridgehead atoms. The molecule has 0 aliphatic carbocycles. The Morgan fingerprint density at radius 1 is 1.40 bits per heavy atom. The van der Waals surface area contributed by atoms with Crippen LogP contribution in [0.3, 0.4) is 0 Å². The van der Waals surface area contributed by atoms with Crippen molar-refractivity contribution in [3.8, 4) is 0 Å². The van der Waals surface area contributed by atoms with E-state index in [1.807, 2.05) is 24.7 Å². The molecule has 2 rings (SSSR count). The van der Waals surface area contributed by atoms with Crippen LogP contribution in [0.1, 0.15) is 29.9 Å². The molecule has 1 N–H and O–H groups in total. The van der Waals surface area contributed by atoms with Gasteiger partial charge in [-0.25, -0.2) is 0 Å². The van der Waals surface area contributed by atoms with Crippen molar-refractivity contribution in [3.05, 3.63) is 50.7 Å². The first kappa shape index (κ1) is 15.5. The molecule has 0 saturated carbocycles. The lowest BCUT2D eigenvalue weighted by atomic mass is 10.0. The third kappa shape index (κ3) is 3.08. The summed E-state index contributed by atoms with van der Waals surface area (Å²) in [5.74, 6) is 0. The van der Waals surface area contributed by atoms with Crippen LogP contribution in [0.4, 0.5) is 0 Å². The molecule has 0 saturated heterocycles. The van der Waals surface area contributed by atoms with Crippen LogP contribution in [0.5, 0.6) is 0 Å². The van der Waals surface area contributed by atoms with Crippen molar-refractivity contribution in [2.75, 3.05) is 7.05 Å². The first-order valence-corrected chi connectivity index (χ1v) is 7.89. The first-order chi connectivity index (χ1) is 9.58. The van der Waals surface area contributed by atoms with Gasteiger partial charge < -0.3 is 5.32 Å². The second kappa shape index (κ2) is 6.74. The summed E-state index contributed by atoms with van der Waals surface area (Å²) >= 11 is 10.0. The molecule has 0 amide bonds. The van der Waals surface area contributed by atoms with Crippen molar-refractivity contribution < 1.29 is 0 Å². The van der Waals surface area contributed by atoms with Crippen molar-refractivity contribution in [1.82, 2.24) is 15.1 Å². The SMILES string of the molecule is CCn1nc(C)c(Cl)c1CC(NC)c1ccccc1Br. The van der Waals surface area contributed by atoms with Gasteiger partial charge >= 0.3 is 0 Å². The van der Waals surface area contributed by atoms with Crippen LogP contribution in [0.15, 0.2) is 28.7 Å². The minimum Gasteiger partial charge on any atom is -0.313 e. The predicted molar refractivity (Wildman–Crippen MR) is 87.3 cm³/mol. The fourth-order valence-electron chi connectivity index (χ4n) is 2.38. The highest BCUT2D eigenvalue weighted by atomic mass is 79.9. The summed E-state index contributed by atoms with van der Waals surface area (Å²) in [5, 5.41) is 8.62. The Morgan fingerprint density at radius 2 is 2.10 bits per heavy atom. The second-order valence-corrected chi connectivity index (χ2v) is 5.96. The third-order valence-electron chi connectivity index (χ3n) is 3.48. The van der Waals surface area contributed by atoms with E-state index in [1.165, 1.54) is 5.56 Å². The Balaban J connectivity index is 2.34. The summed E-state index contributed by atoms with van der Waals surface area (Å²) in [4.78, 5) is 0. The molecule has 1 heterocycles. The van der Waals surface area contributed by atoms with E-state index in [1.54, 1.807) is 0 Å². The first-order valence-electron chi connectivity index (χ1n) is 6.72. The molecule has 0 spiro atoms. The van der Waals surface area contributed by atoms with Gasteiger partial charge in [0, 0.05) is 23.5 Å². The molecule has 0 aliphatic heterocycles. The number of hydrogen-bond donors (Lipinski definition) is 1. The van der Waals surface area contributed by atoms with Gasteiger partial charge in [-0.05, 0) is 32.5 Å². The van der Waals surface area contributed by atoms with Crippen molar-refractivity contribution in [1.29, 1.82) is 0 Å². The van der Waals surface area contributed by atoms with Crippen molar-refractivity contribution >= 4 is 27.5 Å². The van der Waals surface area contributed by atoms with E-state index in [2.05, 4.69) is 51.5 Å². The quantitative estimate of drug-likeness (QED) is 0.873. The number of likely N-dealkylation sites (N-methyl/N-ethyl adjacent to an activating group) is 1. The molecule has 0 aliphatic rings. The normalized spacial score (nSPS) is 12.7. The van der Waals surface area contributed by atoms with Gasteiger partial charge in [0.25, 0.3) is 0 Å². The van der Waals surface area contributed by atoms with Crippen molar-refractivity contribution in [3.63, 3.8) is 0 Å². The van der Waals surface area contributed by atoms with Gasteiger partial charge in [-0.15, -0.1) is 0 Å². The molecular weight excluding hydrogens is 338 g/mol. The Morgan fingerprint density at radius 3 is 2.70 bits per heavy atom. The maximum Gasteiger partial charge on any atom is 0.0847 e. The van der Waals surface area contributed by atoms with Gasteiger partial charge in [-0.3, -0.25) is 4.68 Å². The monoisotopic (exact) mass is 355 g/mol. The molecule has 3 nitrogen and oxygen atoms in total. The standard InChI is InChI=1S/C15H19BrClN3/c1-4-20-14(15(17)10(2)19-20)9-13(18-3)11-7-5-6-8-12(11)16/h5-8,13,18H,4,9H2,1-3H3. The van der Waals surface area contributed by atoms with E-state index < -0.39 is 0 Å². The van der Waals surface area contributed by atoms with Gasteiger partial charge in [0.2, 0.25) is 0 Å². The van der Waals surface area contributed by atoms with Crippen molar-refractivity contribution in [2.45, 2.75) is 32.9 Å². The smallest absolute Gasteiger partial charge is 0.0847 e. The maximum atomic E-state index is 6.40. The summed E-state index contributed by atoms with van der Waals surface area (Å²) < 4.78 is 3.09. The molecule has 1 aromatic heterocycles. The van der Waals surface area contributed by atoms with Crippen LogP contribution >= 0.6 is 27.5 Å². The Hall–Kier alpha value is -0.840. The molecule has 0 radical (unpaired) electrons. The molecule has 5 heteroatoms. The Labute approximate surface area is 133 Å². The topological polar surface area (TPSA) is 29.9 Å². The summed E-state index contributed by atoms with van der Waals surface area (Å²) in [7, 11) is 1.97. The van der Waals surface area contributed by atoms with Gasteiger partial charge in [-0.2, -0.15) is 5.10 Å². The van der Waals surface area contributed by atoms with Crippen LogP contribution in [0, 0.1) is 6.92 Å². The number of halogens is 2. The van der Waals surface area contributed by atoms with E-state index in [4.69, 9.17) is 11.6 Å². The zero-order valence-electron chi connectivity index (χ0n) is 12.0. The summed E-state index contributed by atoms with van der Waals surface area (Å²) in [6, 6.07) is 8.45. The highest BCUT2D eigenvalue weighted by Gasteiger charge is 2.19. The number of hydrogen-bond acceptors (Lipinski definition) is 2. The lowest BCUT2D eigenvalue weighted by Crippen LogP contribution is -2.21. The van der Waals surface area contributed by atoms with E-state index >= 15 is 0 Å². The molecule has 2 aromatic rings. The predicted octanol–water partition coefficient (Wildman–Crippen LogP) is 4.13. The summed E-state index contributed by atoms with van der Waals surface area (Å²) in [6.07, 6.45) is 0.812. The minimum absolute atomic E-state index is 0.199. The van der Waals surface area contributed by atoms with E-state index in [0.717, 1.165) is 33.8 Å². The second-order valence-electron chi connectivity index (χ2n) is 4.73. The number of nitrogens with zero attached hydrogens (tertiary/aromatic N) is 2. The van der Waals surface area contributed by atoms with E-state index in [9.17, 15) is 0 Å². The average molecular weight is 357 g/mol. The zero-order chi connectivity index (χ0) is 14.7. The third-order valence-corrected chi connectivity index (χ3v) is 4.69. The lowest BCUT2D eigenvalue weighted by molar-refractivity contribution is 0.540. The highest BCUT2D eigenvalue weighted by Crippen LogP contribution is 2.29. The van der Waals surface area contributed by atoms with Gasteiger partial charge in [-0.1, -0.05) is 45.7 Å². The maximum absolute atomic E-state index is 6.40. The molecule has 1 atom stereocenters. The number of benzene rings is 1. The Bertz CT molecular complexity index is 595. The van der Waals surface area contributed by atoms with Crippen LogP contribution < -0.4 is 5.32 Å². The molecule has 0 fully saturated rings. The fraction of sp³-hybridized carbons (Fsp3) is 0.400. The van der Waals surface area contributed by atoms with Crippen LogP contribution in [0.2, 0.25) is 5.02 Å². The van der Waals surface area contributed by atoms with E-state index in [0.29, 0.717) is 0 Å². The van der Waals surface area contributed by atoms with Gasteiger partial charge in [0.1, 0.15) is 0 Å². The fourth-order valence-corrected chi connectivity index (χ4v) is 3.16. The molecule has 108 valence electrons. The molecule has 1 aromatic carbocycles. The van der Waals surface area contributed by atoms with Gasteiger partial charge in [0.15, 0.2) is 0 Å². The highest BCUT2D eigenvalue weighted by molar-refractivity contribution is 9.10. The van der Waals surface area contributed by atoms with Crippen LogP contribution in [-0.4, -0.2) is 16.8 Å². The number of aromatic nitrogens is 2. The summed E-state index contributed by atoms with van der Waals surface area (Å²) in [6.45, 7) is 4.86. The largest absolute Gasteiger partial charge is 0.313 e. The molecular formula is C15H19BrClN3. The zero-order valence-corrected chi connectivity index (χ0v) is 14.3. The summed E-state index contributed by atoms with van der Waals surface area (Å²) in [5.41, 5.74) is 3.21. The Kier molecular flexibility index (Phi) is 5.24.